The van der Waals surface area contributed by atoms with E-state index < -0.39 is 0 Å². The molecule has 1 aliphatic carbocycles. The second-order valence-electron chi connectivity index (χ2n) is 9.09. The van der Waals surface area contributed by atoms with Crippen LogP contribution in [0, 0.1) is 0 Å². The first-order valence-electron chi connectivity index (χ1n) is 11.5. The molecular formula is C28H21ClN4O. The smallest absolute Gasteiger partial charge is 0.209 e. The summed E-state index contributed by atoms with van der Waals surface area (Å²) in [5.74, 6) is 1.02. The van der Waals surface area contributed by atoms with E-state index in [1.807, 2.05) is 54.7 Å². The Labute approximate surface area is 201 Å². The van der Waals surface area contributed by atoms with Crippen LogP contribution >= 0.6 is 11.6 Å². The van der Waals surface area contributed by atoms with Crippen LogP contribution in [0.2, 0.25) is 5.02 Å². The fraction of sp³-hybridized carbons (Fsp3) is 0.143. The van der Waals surface area contributed by atoms with Crippen LogP contribution in [0.3, 0.4) is 0 Å². The van der Waals surface area contributed by atoms with Crippen molar-refractivity contribution < 1.29 is 4.79 Å². The van der Waals surface area contributed by atoms with Crippen molar-refractivity contribution in [2.75, 3.05) is 5.32 Å². The number of Topliss-reactive ketones (excluding diaryl/α,β-unsaturated/α-hetero) is 1. The molecule has 0 radical (unpaired) electrons. The van der Waals surface area contributed by atoms with Crippen molar-refractivity contribution in [2.45, 2.75) is 24.8 Å². The Morgan fingerprint density at radius 2 is 1.82 bits per heavy atom. The number of aromatic amines is 1. The van der Waals surface area contributed by atoms with Gasteiger partial charge in [0, 0.05) is 45.4 Å². The van der Waals surface area contributed by atoms with E-state index in [1.165, 1.54) is 0 Å². The largest absolute Gasteiger partial charge is 0.361 e. The second-order valence-corrected chi connectivity index (χ2v) is 9.52. The molecule has 0 bridgehead atoms. The summed E-state index contributed by atoms with van der Waals surface area (Å²) in [4.78, 5) is 22.1. The number of allylic oxidation sites excluding steroid dienone is 2. The van der Waals surface area contributed by atoms with Gasteiger partial charge in [-0.05, 0) is 48.2 Å². The number of para-hydroxylation sites is 3. The van der Waals surface area contributed by atoms with E-state index in [4.69, 9.17) is 16.6 Å². The number of carbonyl (C=O) groups is 1. The molecule has 0 spiro atoms. The van der Waals surface area contributed by atoms with Crippen molar-refractivity contribution in [3.8, 4) is 0 Å². The summed E-state index contributed by atoms with van der Waals surface area (Å²) in [5, 5.41) is 5.35. The van der Waals surface area contributed by atoms with Gasteiger partial charge in [0.05, 0.1) is 17.1 Å². The molecule has 0 saturated carbocycles. The first-order chi connectivity index (χ1) is 16.7. The van der Waals surface area contributed by atoms with Crippen LogP contribution in [0.1, 0.15) is 35.9 Å². The standard InChI is InChI=1S/C28H21ClN4O/c29-18-7-5-6-16(12-18)17-13-23-26(25(34)14-17)27(20-15-30-21-9-2-1-8-19(20)21)33-24-11-4-3-10-22(24)31-28(33)32-23/h1-12,15,17,27,30H,13-14H2,(H,31,32)/t17-,27-/m1/s1. The average molecular weight is 465 g/mol. The Kier molecular flexibility index (Phi) is 4.23. The maximum atomic E-state index is 13.8. The number of halogens is 1. The van der Waals surface area contributed by atoms with Gasteiger partial charge in [0.2, 0.25) is 5.95 Å². The third-order valence-corrected chi connectivity index (χ3v) is 7.37. The predicted octanol–water partition coefficient (Wildman–Crippen LogP) is 6.59. The number of nitrogens with one attached hydrogen (secondary N) is 2. The molecule has 6 heteroatoms. The molecule has 2 aromatic heterocycles. The number of hydrogen-bond acceptors (Lipinski definition) is 3. The Morgan fingerprint density at radius 1 is 0.971 bits per heavy atom. The van der Waals surface area contributed by atoms with Gasteiger partial charge >= 0.3 is 0 Å². The van der Waals surface area contributed by atoms with E-state index in [-0.39, 0.29) is 17.7 Å². The number of carbonyl (C=O) groups excluding carboxylic acids is 1. The molecule has 1 aliphatic heterocycles. The molecule has 0 saturated heterocycles. The number of H-pyrrole nitrogens is 1. The zero-order valence-electron chi connectivity index (χ0n) is 18.3. The summed E-state index contributed by atoms with van der Waals surface area (Å²) < 4.78 is 2.18. The van der Waals surface area contributed by atoms with Gasteiger partial charge in [0.1, 0.15) is 0 Å². The zero-order valence-corrected chi connectivity index (χ0v) is 19.0. The van der Waals surface area contributed by atoms with Crippen LogP contribution in [0.4, 0.5) is 5.95 Å². The highest BCUT2D eigenvalue weighted by Crippen LogP contribution is 2.47. The topological polar surface area (TPSA) is 62.7 Å². The maximum absolute atomic E-state index is 13.8. The number of benzene rings is 3. The lowest BCUT2D eigenvalue weighted by Crippen LogP contribution is -2.33. The Morgan fingerprint density at radius 3 is 2.74 bits per heavy atom. The van der Waals surface area contributed by atoms with Crippen LogP contribution in [0.25, 0.3) is 21.9 Å². The van der Waals surface area contributed by atoms with Gasteiger partial charge in [0.15, 0.2) is 5.78 Å². The first-order valence-corrected chi connectivity index (χ1v) is 11.9. The molecule has 3 aromatic carbocycles. The SMILES string of the molecule is O=C1C[C@H](c2cccc(Cl)c2)CC2=C1[C@@H](c1c[nH]c3ccccc13)n1c(nc3ccccc31)N2. The minimum Gasteiger partial charge on any atom is -0.361 e. The Bertz CT molecular complexity index is 1640. The van der Waals surface area contributed by atoms with Crippen LogP contribution in [0.5, 0.6) is 0 Å². The number of imidazole rings is 1. The quantitative estimate of drug-likeness (QED) is 0.310. The number of hydrogen-bond donors (Lipinski definition) is 2. The summed E-state index contributed by atoms with van der Waals surface area (Å²) >= 11 is 6.27. The molecule has 0 unspecified atom stereocenters. The van der Waals surface area contributed by atoms with Crippen molar-refractivity contribution >= 4 is 45.3 Å². The van der Waals surface area contributed by atoms with E-state index in [2.05, 4.69) is 39.1 Å². The lowest BCUT2D eigenvalue weighted by molar-refractivity contribution is -0.116. The predicted molar refractivity (Wildman–Crippen MR) is 135 cm³/mol. The van der Waals surface area contributed by atoms with Crippen molar-refractivity contribution in [1.29, 1.82) is 0 Å². The minimum absolute atomic E-state index is 0.0806. The monoisotopic (exact) mass is 464 g/mol. The van der Waals surface area contributed by atoms with Gasteiger partial charge in [0.25, 0.3) is 0 Å². The van der Waals surface area contributed by atoms with E-state index >= 15 is 0 Å². The van der Waals surface area contributed by atoms with E-state index in [1.54, 1.807) is 0 Å². The second kappa shape index (κ2) is 7.34. The van der Waals surface area contributed by atoms with Crippen molar-refractivity contribution in [3.63, 3.8) is 0 Å². The zero-order chi connectivity index (χ0) is 22.8. The Hall–Kier alpha value is -3.83. The summed E-state index contributed by atoms with van der Waals surface area (Å²) in [7, 11) is 0. The summed E-state index contributed by atoms with van der Waals surface area (Å²) in [5.41, 5.74) is 6.95. The molecule has 5 aromatic rings. The molecule has 7 rings (SSSR count). The number of nitrogens with zero attached hydrogens (tertiary/aromatic N) is 2. The van der Waals surface area contributed by atoms with Crippen LogP contribution in [-0.2, 0) is 4.79 Å². The molecule has 2 aliphatic rings. The normalized spacial score (nSPS) is 19.9. The molecular weight excluding hydrogens is 444 g/mol. The van der Waals surface area contributed by atoms with Gasteiger partial charge in [-0.2, -0.15) is 0 Å². The van der Waals surface area contributed by atoms with Gasteiger partial charge in [-0.15, -0.1) is 0 Å². The molecule has 166 valence electrons. The van der Waals surface area contributed by atoms with Gasteiger partial charge in [-0.25, -0.2) is 4.98 Å². The number of ketones is 1. The van der Waals surface area contributed by atoms with Crippen LogP contribution < -0.4 is 5.32 Å². The number of anilines is 1. The average Bonchev–Trinajstić information content (AvgIpc) is 3.44. The molecule has 0 amide bonds. The van der Waals surface area contributed by atoms with Gasteiger partial charge in [-0.3, -0.25) is 9.36 Å². The molecule has 0 fully saturated rings. The third kappa shape index (κ3) is 2.87. The number of aromatic nitrogens is 3. The van der Waals surface area contributed by atoms with Crippen molar-refractivity contribution in [1.82, 2.24) is 14.5 Å². The number of rotatable bonds is 2. The first kappa shape index (κ1) is 19.6. The van der Waals surface area contributed by atoms with Crippen LogP contribution in [0.15, 0.2) is 90.3 Å². The molecule has 2 N–H and O–H groups in total. The van der Waals surface area contributed by atoms with E-state index in [0.717, 1.165) is 56.7 Å². The summed E-state index contributed by atoms with van der Waals surface area (Å²) in [6, 6.07) is 24.0. The number of fused-ring (bicyclic) bond motifs is 4. The summed E-state index contributed by atoms with van der Waals surface area (Å²) in [6.45, 7) is 0. The van der Waals surface area contributed by atoms with Gasteiger partial charge < -0.3 is 10.3 Å². The van der Waals surface area contributed by atoms with Crippen molar-refractivity contribution in [3.05, 3.63) is 106 Å². The highest BCUT2D eigenvalue weighted by molar-refractivity contribution is 6.30. The lowest BCUT2D eigenvalue weighted by Gasteiger charge is -2.36. The summed E-state index contributed by atoms with van der Waals surface area (Å²) in [6.07, 6.45) is 3.24. The minimum atomic E-state index is -0.248. The lowest BCUT2D eigenvalue weighted by atomic mass is 9.77. The highest BCUT2D eigenvalue weighted by atomic mass is 35.5. The molecule has 2 atom stereocenters. The molecule has 3 heterocycles. The van der Waals surface area contributed by atoms with Gasteiger partial charge in [-0.1, -0.05) is 54.1 Å². The molecule has 34 heavy (non-hydrogen) atoms. The van der Waals surface area contributed by atoms with Crippen LogP contribution in [-0.4, -0.2) is 20.3 Å². The third-order valence-electron chi connectivity index (χ3n) is 7.13. The maximum Gasteiger partial charge on any atom is 0.209 e. The van der Waals surface area contributed by atoms with E-state index in [9.17, 15) is 4.79 Å². The van der Waals surface area contributed by atoms with Crippen molar-refractivity contribution in [2.24, 2.45) is 0 Å². The highest BCUT2D eigenvalue weighted by Gasteiger charge is 2.40. The Balaban J connectivity index is 1.45. The van der Waals surface area contributed by atoms with E-state index in [0.29, 0.717) is 11.4 Å². The fourth-order valence-corrected chi connectivity index (χ4v) is 5.83. The molecule has 5 nitrogen and oxygen atoms in total. The fourth-order valence-electron chi connectivity index (χ4n) is 5.64.